The van der Waals surface area contributed by atoms with Crippen molar-refractivity contribution < 1.29 is 23.8 Å². The molecule has 1 saturated heterocycles. The number of likely N-dealkylation sites (tertiary alicyclic amines) is 1. The molecular weight excluding hydrogens is 334 g/mol. The molecular formula is C20H27NO5. The van der Waals surface area contributed by atoms with Gasteiger partial charge in [0.2, 0.25) is 5.91 Å². The van der Waals surface area contributed by atoms with E-state index >= 15 is 0 Å². The summed E-state index contributed by atoms with van der Waals surface area (Å²) in [4.78, 5) is 27.2. The summed E-state index contributed by atoms with van der Waals surface area (Å²) in [5.41, 5.74) is -0.482. The molecule has 0 radical (unpaired) electrons. The highest BCUT2D eigenvalue weighted by molar-refractivity contribution is 6.03. The van der Waals surface area contributed by atoms with E-state index in [4.69, 9.17) is 14.2 Å². The summed E-state index contributed by atoms with van der Waals surface area (Å²) in [7, 11) is 3.10. The maximum atomic E-state index is 12.8. The van der Waals surface area contributed by atoms with Crippen molar-refractivity contribution >= 4 is 11.7 Å². The van der Waals surface area contributed by atoms with Crippen LogP contribution in [0, 0.1) is 5.41 Å². The van der Waals surface area contributed by atoms with Crippen molar-refractivity contribution in [2.75, 3.05) is 27.3 Å². The van der Waals surface area contributed by atoms with Gasteiger partial charge >= 0.3 is 0 Å². The maximum Gasteiger partial charge on any atom is 0.227 e. The topological polar surface area (TPSA) is 65.1 Å². The van der Waals surface area contributed by atoms with E-state index in [9.17, 15) is 9.59 Å². The Hall–Kier alpha value is -2.24. The number of rotatable bonds is 2. The van der Waals surface area contributed by atoms with Crippen LogP contribution in [0.15, 0.2) is 12.1 Å². The molecule has 0 unspecified atom stereocenters. The van der Waals surface area contributed by atoms with Crippen LogP contribution in [-0.2, 0) is 4.79 Å². The predicted molar refractivity (Wildman–Crippen MR) is 97.1 cm³/mol. The molecule has 0 saturated carbocycles. The molecule has 1 spiro atoms. The van der Waals surface area contributed by atoms with Crippen LogP contribution in [0.2, 0.25) is 0 Å². The lowest BCUT2D eigenvalue weighted by atomic mass is 9.81. The molecule has 1 fully saturated rings. The SMILES string of the molecule is COc1cc(OC)c2c(c1)OC1(CCN(C(=O)C(C)(C)C)CC1)CC2=O. The highest BCUT2D eigenvalue weighted by Crippen LogP contribution is 2.45. The van der Waals surface area contributed by atoms with Gasteiger partial charge in [0.05, 0.1) is 20.6 Å². The van der Waals surface area contributed by atoms with E-state index in [0.29, 0.717) is 55.2 Å². The minimum Gasteiger partial charge on any atom is -0.496 e. The summed E-state index contributed by atoms with van der Waals surface area (Å²) in [5.74, 6) is 1.72. The number of carbonyl (C=O) groups is 2. The normalized spacial score (nSPS) is 19.0. The monoisotopic (exact) mass is 361 g/mol. The third-order valence-electron chi connectivity index (χ3n) is 5.19. The minimum atomic E-state index is -0.559. The van der Waals surface area contributed by atoms with Crippen LogP contribution in [0.25, 0.3) is 0 Å². The number of amides is 1. The lowest BCUT2D eigenvalue weighted by molar-refractivity contribution is -0.143. The highest BCUT2D eigenvalue weighted by Gasteiger charge is 2.45. The van der Waals surface area contributed by atoms with E-state index in [-0.39, 0.29) is 11.7 Å². The summed E-state index contributed by atoms with van der Waals surface area (Å²) >= 11 is 0. The second-order valence-corrected chi connectivity index (χ2v) is 8.13. The Bertz CT molecular complexity index is 726. The number of methoxy groups -OCH3 is 2. The van der Waals surface area contributed by atoms with Crippen LogP contribution < -0.4 is 14.2 Å². The van der Waals surface area contributed by atoms with Gasteiger partial charge in [-0.1, -0.05) is 20.8 Å². The maximum absolute atomic E-state index is 12.8. The molecule has 1 aromatic rings. The standard InChI is InChI=1S/C20H27NO5/c1-19(2,3)18(23)21-8-6-20(7-9-21)12-14(22)17-15(25-5)10-13(24-4)11-16(17)26-20/h10-11H,6-9,12H2,1-5H3. The Balaban J connectivity index is 1.83. The molecule has 2 heterocycles. The summed E-state index contributed by atoms with van der Waals surface area (Å²) in [6.07, 6.45) is 1.58. The van der Waals surface area contributed by atoms with Gasteiger partial charge in [0.1, 0.15) is 28.4 Å². The smallest absolute Gasteiger partial charge is 0.227 e. The second kappa shape index (κ2) is 6.49. The Kier molecular flexibility index (Phi) is 4.63. The highest BCUT2D eigenvalue weighted by atomic mass is 16.5. The number of hydrogen-bond acceptors (Lipinski definition) is 5. The number of carbonyl (C=O) groups excluding carboxylic acids is 2. The fourth-order valence-corrected chi connectivity index (χ4v) is 3.72. The fraction of sp³-hybridized carbons (Fsp3) is 0.600. The van der Waals surface area contributed by atoms with Crippen LogP contribution in [0.5, 0.6) is 17.2 Å². The molecule has 3 rings (SSSR count). The van der Waals surface area contributed by atoms with Crippen molar-refractivity contribution in [2.24, 2.45) is 5.41 Å². The van der Waals surface area contributed by atoms with Crippen molar-refractivity contribution in [3.63, 3.8) is 0 Å². The van der Waals surface area contributed by atoms with Crippen LogP contribution in [0.4, 0.5) is 0 Å². The molecule has 6 nitrogen and oxygen atoms in total. The van der Waals surface area contributed by atoms with Gasteiger partial charge in [-0.15, -0.1) is 0 Å². The molecule has 0 N–H and O–H groups in total. The van der Waals surface area contributed by atoms with Crippen molar-refractivity contribution in [2.45, 2.75) is 45.6 Å². The summed E-state index contributed by atoms with van der Waals surface area (Å²) in [5, 5.41) is 0. The van der Waals surface area contributed by atoms with Gasteiger partial charge in [-0.25, -0.2) is 0 Å². The molecule has 0 bridgehead atoms. The van der Waals surface area contributed by atoms with E-state index in [1.54, 1.807) is 19.2 Å². The molecule has 0 aliphatic carbocycles. The molecule has 2 aliphatic heterocycles. The quantitative estimate of drug-likeness (QED) is 0.810. The number of fused-ring (bicyclic) bond motifs is 1. The van der Waals surface area contributed by atoms with Gasteiger partial charge in [0, 0.05) is 43.5 Å². The van der Waals surface area contributed by atoms with Gasteiger partial charge in [-0.3, -0.25) is 9.59 Å². The molecule has 1 aromatic carbocycles. The number of Topliss-reactive ketones (excluding diaryl/α,β-unsaturated/α-hetero) is 1. The van der Waals surface area contributed by atoms with Crippen molar-refractivity contribution in [3.8, 4) is 17.2 Å². The second-order valence-electron chi connectivity index (χ2n) is 8.13. The average molecular weight is 361 g/mol. The lowest BCUT2D eigenvalue weighted by Crippen LogP contribution is -2.54. The number of ketones is 1. The molecule has 26 heavy (non-hydrogen) atoms. The van der Waals surface area contributed by atoms with Crippen LogP contribution in [0.3, 0.4) is 0 Å². The van der Waals surface area contributed by atoms with Crippen LogP contribution >= 0.6 is 0 Å². The summed E-state index contributed by atoms with van der Waals surface area (Å²) < 4.78 is 17.0. The minimum absolute atomic E-state index is 0.0151. The summed E-state index contributed by atoms with van der Waals surface area (Å²) in [6, 6.07) is 3.44. The van der Waals surface area contributed by atoms with E-state index in [2.05, 4.69) is 0 Å². The zero-order chi connectivity index (χ0) is 19.1. The number of piperidine rings is 1. The lowest BCUT2D eigenvalue weighted by Gasteiger charge is -2.45. The van der Waals surface area contributed by atoms with Gasteiger partial charge in [-0.2, -0.15) is 0 Å². The Morgan fingerprint density at radius 1 is 1.15 bits per heavy atom. The Labute approximate surface area is 154 Å². The number of ether oxygens (including phenoxy) is 3. The molecule has 142 valence electrons. The first kappa shape index (κ1) is 18.5. The Morgan fingerprint density at radius 3 is 2.35 bits per heavy atom. The third kappa shape index (κ3) is 3.24. The summed E-state index contributed by atoms with van der Waals surface area (Å²) in [6.45, 7) is 6.97. The van der Waals surface area contributed by atoms with E-state index < -0.39 is 11.0 Å². The van der Waals surface area contributed by atoms with Gasteiger partial charge < -0.3 is 19.1 Å². The largest absolute Gasteiger partial charge is 0.496 e. The van der Waals surface area contributed by atoms with Crippen molar-refractivity contribution in [3.05, 3.63) is 17.7 Å². The van der Waals surface area contributed by atoms with E-state index in [0.717, 1.165) is 0 Å². The van der Waals surface area contributed by atoms with Crippen molar-refractivity contribution in [1.29, 1.82) is 0 Å². The third-order valence-corrected chi connectivity index (χ3v) is 5.19. The zero-order valence-corrected chi connectivity index (χ0v) is 16.2. The zero-order valence-electron chi connectivity index (χ0n) is 16.2. The first-order valence-electron chi connectivity index (χ1n) is 8.97. The van der Waals surface area contributed by atoms with E-state index in [1.807, 2.05) is 25.7 Å². The number of hydrogen-bond donors (Lipinski definition) is 0. The van der Waals surface area contributed by atoms with Gasteiger partial charge in [-0.05, 0) is 0 Å². The number of nitrogens with zero attached hydrogens (tertiary/aromatic N) is 1. The molecule has 6 heteroatoms. The van der Waals surface area contributed by atoms with Crippen molar-refractivity contribution in [1.82, 2.24) is 4.90 Å². The number of benzene rings is 1. The average Bonchev–Trinajstić information content (AvgIpc) is 2.59. The van der Waals surface area contributed by atoms with Gasteiger partial charge in [0.15, 0.2) is 5.78 Å². The van der Waals surface area contributed by atoms with E-state index in [1.165, 1.54) is 7.11 Å². The molecule has 0 aromatic heterocycles. The molecule has 2 aliphatic rings. The Morgan fingerprint density at radius 2 is 1.81 bits per heavy atom. The van der Waals surface area contributed by atoms with Crippen LogP contribution in [0.1, 0.15) is 50.4 Å². The molecule has 0 atom stereocenters. The predicted octanol–water partition coefficient (Wildman–Crippen LogP) is 3.08. The van der Waals surface area contributed by atoms with Gasteiger partial charge in [0.25, 0.3) is 0 Å². The first-order chi connectivity index (χ1) is 12.2. The fourth-order valence-electron chi connectivity index (χ4n) is 3.72. The van der Waals surface area contributed by atoms with Crippen LogP contribution in [-0.4, -0.2) is 49.5 Å². The molecule has 1 amide bonds. The first-order valence-corrected chi connectivity index (χ1v) is 8.97.